The monoisotopic (exact) mass is 515 g/mol. The van der Waals surface area contributed by atoms with Crippen molar-refractivity contribution in [3.8, 4) is 0 Å². The lowest BCUT2D eigenvalue weighted by molar-refractivity contribution is -0.155. The minimum absolute atomic E-state index is 0.0333. The highest BCUT2D eigenvalue weighted by atomic mass is 35.5. The standard InChI is InChI=1S/C22H15ClF5N3O4/c23-13-6-11(24)7-14(25)17(13)18(22(26,27)28)30-19(33)9-1-2-12-10(5-9)8-31(21(12)35)15-3-4-16(32)29-20(15)34/h1-2,5-7,15,18H,3-4,8H2,(H,30,33)(H,29,32,34)/t15?,18-/m1/s1. The summed E-state index contributed by atoms with van der Waals surface area (Å²) < 4.78 is 68.5. The summed E-state index contributed by atoms with van der Waals surface area (Å²) in [7, 11) is 0. The molecule has 0 spiro atoms. The van der Waals surface area contributed by atoms with Crippen LogP contribution in [0.25, 0.3) is 0 Å². The van der Waals surface area contributed by atoms with E-state index in [1.165, 1.54) is 17.0 Å². The van der Waals surface area contributed by atoms with Crippen molar-refractivity contribution >= 4 is 35.2 Å². The van der Waals surface area contributed by atoms with Gasteiger partial charge in [-0.1, -0.05) is 11.6 Å². The van der Waals surface area contributed by atoms with Crippen molar-refractivity contribution in [3.63, 3.8) is 0 Å². The topological polar surface area (TPSA) is 95.6 Å². The average Bonchev–Trinajstić information content (AvgIpc) is 3.07. The first kappa shape index (κ1) is 24.6. The highest BCUT2D eigenvalue weighted by Gasteiger charge is 2.45. The van der Waals surface area contributed by atoms with Gasteiger partial charge in [-0.3, -0.25) is 24.5 Å². The van der Waals surface area contributed by atoms with Crippen LogP contribution >= 0.6 is 11.6 Å². The van der Waals surface area contributed by atoms with Crippen molar-refractivity contribution in [1.82, 2.24) is 15.5 Å². The quantitative estimate of drug-likeness (QED) is 0.482. The number of carbonyl (C=O) groups excluding carboxylic acids is 4. The second kappa shape index (κ2) is 8.91. The van der Waals surface area contributed by atoms with Gasteiger partial charge in [-0.05, 0) is 36.2 Å². The molecule has 4 rings (SSSR count). The van der Waals surface area contributed by atoms with Crippen LogP contribution < -0.4 is 10.6 Å². The van der Waals surface area contributed by atoms with E-state index >= 15 is 0 Å². The Balaban J connectivity index is 1.59. The first-order chi connectivity index (χ1) is 16.4. The Morgan fingerprint density at radius 3 is 2.49 bits per heavy atom. The molecule has 13 heteroatoms. The molecule has 2 heterocycles. The number of halogens is 6. The smallest absolute Gasteiger partial charge is 0.337 e. The Hall–Kier alpha value is -3.54. The summed E-state index contributed by atoms with van der Waals surface area (Å²) >= 11 is 5.64. The van der Waals surface area contributed by atoms with E-state index in [-0.39, 0.29) is 42.1 Å². The third-order valence-corrected chi connectivity index (χ3v) is 6.03. The third kappa shape index (κ3) is 4.70. The molecule has 7 nitrogen and oxygen atoms in total. The van der Waals surface area contributed by atoms with Gasteiger partial charge < -0.3 is 10.2 Å². The van der Waals surface area contributed by atoms with E-state index < -0.39 is 64.1 Å². The highest BCUT2D eigenvalue weighted by molar-refractivity contribution is 6.31. The Morgan fingerprint density at radius 2 is 1.86 bits per heavy atom. The van der Waals surface area contributed by atoms with E-state index in [1.807, 2.05) is 0 Å². The molecule has 2 aliphatic rings. The van der Waals surface area contributed by atoms with Crippen LogP contribution in [0.5, 0.6) is 0 Å². The van der Waals surface area contributed by atoms with Crippen molar-refractivity contribution in [2.45, 2.75) is 37.6 Å². The van der Waals surface area contributed by atoms with Crippen molar-refractivity contribution in [2.75, 3.05) is 0 Å². The van der Waals surface area contributed by atoms with Gasteiger partial charge in [-0.2, -0.15) is 13.2 Å². The maximum atomic E-state index is 14.2. The number of hydrogen-bond acceptors (Lipinski definition) is 4. The SMILES string of the molecule is O=C1CCC(N2Cc3cc(C(=O)N[C@H](c4c(F)cc(F)cc4Cl)C(F)(F)F)ccc3C2=O)C(=O)N1. The lowest BCUT2D eigenvalue weighted by Gasteiger charge is -2.29. The van der Waals surface area contributed by atoms with Crippen LogP contribution in [0.1, 0.15) is 50.7 Å². The summed E-state index contributed by atoms with van der Waals surface area (Å²) in [6.45, 7) is -0.108. The summed E-state index contributed by atoms with van der Waals surface area (Å²) in [5.41, 5.74) is -0.989. The molecule has 0 bridgehead atoms. The number of benzene rings is 2. The number of hydrogen-bond donors (Lipinski definition) is 2. The molecule has 1 unspecified atom stereocenters. The minimum Gasteiger partial charge on any atom is -0.337 e. The van der Waals surface area contributed by atoms with Gasteiger partial charge in [0.05, 0.1) is 5.02 Å². The lowest BCUT2D eigenvalue weighted by atomic mass is 10.0. The molecular formula is C22H15ClF5N3O4. The molecule has 2 aromatic carbocycles. The van der Waals surface area contributed by atoms with Gasteiger partial charge in [0.1, 0.15) is 17.7 Å². The van der Waals surface area contributed by atoms with E-state index in [4.69, 9.17) is 11.6 Å². The van der Waals surface area contributed by atoms with Crippen LogP contribution in [0.2, 0.25) is 5.02 Å². The van der Waals surface area contributed by atoms with Gasteiger partial charge in [0, 0.05) is 35.7 Å². The summed E-state index contributed by atoms with van der Waals surface area (Å²) in [6, 6.07) is 0.445. The van der Waals surface area contributed by atoms with E-state index in [9.17, 15) is 41.1 Å². The fourth-order valence-electron chi connectivity index (χ4n) is 4.08. The molecule has 2 aromatic rings. The van der Waals surface area contributed by atoms with Crippen LogP contribution in [0.15, 0.2) is 30.3 Å². The van der Waals surface area contributed by atoms with E-state index in [1.54, 1.807) is 5.32 Å². The first-order valence-corrected chi connectivity index (χ1v) is 10.5. The predicted octanol–water partition coefficient (Wildman–Crippen LogP) is 3.41. The van der Waals surface area contributed by atoms with Gasteiger partial charge in [0.2, 0.25) is 11.8 Å². The summed E-state index contributed by atoms with van der Waals surface area (Å²) in [5.74, 6) is -5.67. The lowest BCUT2D eigenvalue weighted by Crippen LogP contribution is -2.52. The van der Waals surface area contributed by atoms with Crippen LogP contribution in [-0.2, 0) is 16.1 Å². The molecule has 0 aromatic heterocycles. The zero-order valence-electron chi connectivity index (χ0n) is 17.5. The Labute approximate surface area is 199 Å². The predicted molar refractivity (Wildman–Crippen MR) is 110 cm³/mol. The fourth-order valence-corrected chi connectivity index (χ4v) is 4.38. The second-order valence-electron chi connectivity index (χ2n) is 8.00. The zero-order valence-corrected chi connectivity index (χ0v) is 18.3. The maximum absolute atomic E-state index is 14.2. The number of amides is 4. The van der Waals surface area contributed by atoms with Gasteiger partial charge in [0.25, 0.3) is 11.8 Å². The van der Waals surface area contributed by atoms with E-state index in [2.05, 4.69) is 5.32 Å². The summed E-state index contributed by atoms with van der Waals surface area (Å²) in [5, 5.41) is 2.95. The number of nitrogens with zero attached hydrogens (tertiary/aromatic N) is 1. The summed E-state index contributed by atoms with van der Waals surface area (Å²) in [4.78, 5) is 50.1. The molecule has 2 atom stereocenters. The largest absolute Gasteiger partial charge is 0.413 e. The molecule has 35 heavy (non-hydrogen) atoms. The summed E-state index contributed by atoms with van der Waals surface area (Å²) in [6.07, 6.45) is -5.03. The van der Waals surface area contributed by atoms with E-state index in [0.29, 0.717) is 6.07 Å². The normalized spacial score (nSPS) is 18.9. The number of alkyl halides is 3. The third-order valence-electron chi connectivity index (χ3n) is 5.72. The molecule has 0 saturated carbocycles. The maximum Gasteiger partial charge on any atom is 0.413 e. The molecule has 2 N–H and O–H groups in total. The van der Waals surface area contributed by atoms with E-state index in [0.717, 1.165) is 6.07 Å². The number of fused-ring (bicyclic) bond motifs is 1. The highest BCUT2D eigenvalue weighted by Crippen LogP contribution is 2.38. The van der Waals surface area contributed by atoms with Crippen LogP contribution in [-0.4, -0.2) is 40.7 Å². The number of nitrogens with one attached hydrogen (secondary N) is 2. The van der Waals surface area contributed by atoms with Gasteiger partial charge in [-0.15, -0.1) is 0 Å². The number of carbonyl (C=O) groups is 4. The minimum atomic E-state index is -5.17. The first-order valence-electron chi connectivity index (χ1n) is 10.2. The number of rotatable bonds is 4. The molecule has 0 aliphatic carbocycles. The fraction of sp³-hybridized carbons (Fsp3) is 0.273. The van der Waals surface area contributed by atoms with Crippen molar-refractivity contribution in [2.24, 2.45) is 0 Å². The average molecular weight is 516 g/mol. The van der Waals surface area contributed by atoms with Gasteiger partial charge in [-0.25, -0.2) is 8.78 Å². The molecule has 184 valence electrons. The molecule has 4 amide bonds. The van der Waals surface area contributed by atoms with Crippen molar-refractivity contribution < 1.29 is 41.1 Å². The molecule has 2 aliphatic heterocycles. The Kier molecular flexibility index (Phi) is 6.26. The van der Waals surface area contributed by atoms with Gasteiger partial charge in [0.15, 0.2) is 6.04 Å². The van der Waals surface area contributed by atoms with Crippen LogP contribution in [0, 0.1) is 11.6 Å². The Morgan fingerprint density at radius 1 is 1.14 bits per heavy atom. The Bertz CT molecular complexity index is 1240. The molecular weight excluding hydrogens is 501 g/mol. The molecule has 0 radical (unpaired) electrons. The van der Waals surface area contributed by atoms with Crippen molar-refractivity contribution in [1.29, 1.82) is 0 Å². The van der Waals surface area contributed by atoms with Gasteiger partial charge >= 0.3 is 6.18 Å². The van der Waals surface area contributed by atoms with Crippen molar-refractivity contribution in [3.05, 3.63) is 69.2 Å². The number of piperidine rings is 1. The molecule has 1 saturated heterocycles. The second-order valence-corrected chi connectivity index (χ2v) is 8.41. The zero-order chi connectivity index (χ0) is 25.7. The number of imide groups is 1. The molecule has 1 fully saturated rings. The van der Waals surface area contributed by atoms with Crippen LogP contribution in [0.3, 0.4) is 0 Å². The van der Waals surface area contributed by atoms with Crippen LogP contribution in [0.4, 0.5) is 22.0 Å².